The molecule has 5 aromatic carbocycles. The molecule has 1 aliphatic carbocycles. The molecule has 0 amide bonds. The Morgan fingerprint density at radius 1 is 0.717 bits per heavy atom. The number of nitrogens with one attached hydrogen (secondary N) is 1. The summed E-state index contributed by atoms with van der Waals surface area (Å²) in [6.45, 7) is 21.1. The van der Waals surface area contributed by atoms with E-state index in [4.69, 9.17) is 0 Å². The monoisotopic (exact) mass is 603 g/mol. The maximum atomic E-state index is 3.83. The lowest BCUT2D eigenvalue weighted by molar-refractivity contribution is 0.667. The van der Waals surface area contributed by atoms with Gasteiger partial charge in [0, 0.05) is 23.0 Å². The summed E-state index contributed by atoms with van der Waals surface area (Å²) in [4.78, 5) is 0. The van der Waals surface area contributed by atoms with Gasteiger partial charge in [0.1, 0.15) is 0 Å². The number of benzene rings is 5. The predicted molar refractivity (Wildman–Crippen MR) is 208 cm³/mol. The molecule has 0 radical (unpaired) electrons. The minimum absolute atomic E-state index is 0.118. The zero-order chi connectivity index (χ0) is 33.1. The zero-order valence-corrected chi connectivity index (χ0v) is 28.5. The van der Waals surface area contributed by atoms with Crippen LogP contribution in [0.5, 0.6) is 0 Å². The second-order valence-electron chi connectivity index (χ2n) is 11.6. The molecule has 0 heterocycles. The van der Waals surface area contributed by atoms with Crippen LogP contribution in [-0.2, 0) is 5.41 Å². The van der Waals surface area contributed by atoms with Crippen molar-refractivity contribution in [2.75, 3.05) is 11.9 Å². The first kappa shape index (κ1) is 34.0. The number of fused-ring (bicyclic) bond motifs is 10. The Kier molecular flexibility index (Phi) is 11.8. The third kappa shape index (κ3) is 6.70. The molecule has 234 valence electrons. The molecule has 1 nitrogen and oxygen atoms in total. The van der Waals surface area contributed by atoms with E-state index in [0.717, 1.165) is 13.0 Å². The highest BCUT2D eigenvalue weighted by atomic mass is 14.9. The van der Waals surface area contributed by atoms with Crippen LogP contribution in [0.3, 0.4) is 0 Å². The Morgan fingerprint density at radius 2 is 1.28 bits per heavy atom. The van der Waals surface area contributed by atoms with Gasteiger partial charge >= 0.3 is 0 Å². The van der Waals surface area contributed by atoms with E-state index in [9.17, 15) is 0 Å². The van der Waals surface area contributed by atoms with Gasteiger partial charge in [-0.05, 0) is 74.2 Å². The Balaban J connectivity index is 0.000000475. The normalized spacial score (nSPS) is 13.4. The minimum Gasteiger partial charge on any atom is -0.381 e. The van der Waals surface area contributed by atoms with Crippen LogP contribution < -0.4 is 5.32 Å². The summed E-state index contributed by atoms with van der Waals surface area (Å²) < 4.78 is 0. The summed E-state index contributed by atoms with van der Waals surface area (Å²) in [6.07, 6.45) is 18.9. The van der Waals surface area contributed by atoms with Crippen molar-refractivity contribution >= 4 is 38.0 Å². The molecule has 1 aliphatic rings. The Labute approximate surface area is 277 Å². The molecule has 0 saturated carbocycles. The summed E-state index contributed by atoms with van der Waals surface area (Å²) in [5.41, 5.74) is 7.99. The molecule has 0 fully saturated rings. The number of allylic oxidation sites excluding steroid dienone is 9. The maximum Gasteiger partial charge on any atom is 0.0425 e. The summed E-state index contributed by atoms with van der Waals surface area (Å²) in [7, 11) is 0. The molecule has 0 bridgehead atoms. The fourth-order valence-corrected chi connectivity index (χ4v) is 6.54. The summed E-state index contributed by atoms with van der Waals surface area (Å²) in [5, 5.41) is 11.7. The molecule has 6 rings (SSSR count). The molecule has 0 aliphatic heterocycles. The van der Waals surface area contributed by atoms with E-state index in [-0.39, 0.29) is 5.41 Å². The van der Waals surface area contributed by atoms with Gasteiger partial charge in [0.05, 0.1) is 0 Å². The highest BCUT2D eigenvalue weighted by Crippen LogP contribution is 2.57. The average molecular weight is 604 g/mol. The molecule has 0 unspecified atom stereocenters. The standard InChI is InChI=1S/C36H33N.C7H10.C2H6/c1-5-14-24(6-2)15-13-22-37-32-23-31-33(29-20-11-9-18-27(29)32)34-28-19-10-7-16-25(28)26-17-8-12-21-30(26)35(34)36(31,3)4;1-3-5-7-6-4-2;1-2/h5,7-21,23,37H,1,6,22H2,2-4H3;3-7H,1H2,2H3;1-2H3/b15-13-,24-14-;6-4-,7-5-;. The highest BCUT2D eigenvalue weighted by Gasteiger charge is 2.39. The summed E-state index contributed by atoms with van der Waals surface area (Å²) in [6, 6.07) is 29.1. The molecule has 0 aromatic heterocycles. The van der Waals surface area contributed by atoms with E-state index in [0.29, 0.717) is 0 Å². The molecule has 0 saturated heterocycles. The first-order valence-electron chi connectivity index (χ1n) is 16.6. The largest absolute Gasteiger partial charge is 0.381 e. The quantitative estimate of drug-likeness (QED) is 0.137. The average Bonchev–Trinajstić information content (AvgIpc) is 3.34. The van der Waals surface area contributed by atoms with Crippen molar-refractivity contribution in [3.8, 4) is 11.1 Å². The van der Waals surface area contributed by atoms with Crippen LogP contribution in [0.2, 0.25) is 0 Å². The molecule has 5 aromatic rings. The number of hydrogen-bond acceptors (Lipinski definition) is 1. The van der Waals surface area contributed by atoms with Crippen molar-refractivity contribution in [3.63, 3.8) is 0 Å². The van der Waals surface area contributed by atoms with Crippen LogP contribution in [0.1, 0.15) is 59.1 Å². The molecule has 0 atom stereocenters. The van der Waals surface area contributed by atoms with Crippen molar-refractivity contribution in [2.45, 2.75) is 53.4 Å². The van der Waals surface area contributed by atoms with Crippen molar-refractivity contribution in [3.05, 3.63) is 163 Å². The van der Waals surface area contributed by atoms with Gasteiger partial charge in [-0.3, -0.25) is 0 Å². The number of anilines is 1. The topological polar surface area (TPSA) is 12.0 Å². The number of hydrogen-bond donors (Lipinski definition) is 1. The highest BCUT2D eigenvalue weighted by molar-refractivity contribution is 6.22. The van der Waals surface area contributed by atoms with Gasteiger partial charge in [-0.25, -0.2) is 0 Å². The van der Waals surface area contributed by atoms with Crippen LogP contribution in [0.4, 0.5) is 5.69 Å². The van der Waals surface area contributed by atoms with E-state index in [1.54, 1.807) is 6.08 Å². The second kappa shape index (κ2) is 15.9. The van der Waals surface area contributed by atoms with E-state index in [2.05, 4.69) is 136 Å². The predicted octanol–water partition coefficient (Wildman–Crippen LogP) is 13.3. The SMILES string of the molecule is C=C/C=C(\C=C/CNc1cc2c(c3ccccc13)-c1c(c3ccccc3c3ccccc13)C2(C)C)CC.C=C/C=C\C=C/C.CC. The van der Waals surface area contributed by atoms with Crippen LogP contribution in [0.25, 0.3) is 43.4 Å². The fraction of sp³-hybridized carbons (Fsp3) is 0.200. The van der Waals surface area contributed by atoms with E-state index in [1.165, 1.54) is 65.8 Å². The Bertz CT molecular complexity index is 1960. The van der Waals surface area contributed by atoms with Crippen LogP contribution >= 0.6 is 0 Å². The van der Waals surface area contributed by atoms with Gasteiger partial charge in [-0.2, -0.15) is 0 Å². The van der Waals surface area contributed by atoms with Crippen LogP contribution in [0.15, 0.2) is 152 Å². The Hall–Kier alpha value is -4.88. The lowest BCUT2D eigenvalue weighted by Crippen LogP contribution is -2.16. The molecular weight excluding hydrogens is 555 g/mol. The smallest absolute Gasteiger partial charge is 0.0425 e. The maximum absolute atomic E-state index is 3.83. The van der Waals surface area contributed by atoms with Gasteiger partial charge in [0.25, 0.3) is 0 Å². The van der Waals surface area contributed by atoms with Gasteiger partial charge in [0.15, 0.2) is 0 Å². The van der Waals surface area contributed by atoms with Crippen molar-refractivity contribution in [1.82, 2.24) is 0 Å². The lowest BCUT2D eigenvalue weighted by Gasteiger charge is -2.24. The van der Waals surface area contributed by atoms with Gasteiger partial charge in [-0.1, -0.05) is 175 Å². The van der Waals surface area contributed by atoms with Crippen molar-refractivity contribution in [1.29, 1.82) is 0 Å². The van der Waals surface area contributed by atoms with Gasteiger partial charge in [-0.15, -0.1) is 0 Å². The van der Waals surface area contributed by atoms with Crippen LogP contribution in [0, 0.1) is 0 Å². The molecule has 1 heteroatoms. The third-order valence-corrected chi connectivity index (χ3v) is 8.56. The fourth-order valence-electron chi connectivity index (χ4n) is 6.54. The van der Waals surface area contributed by atoms with Gasteiger partial charge < -0.3 is 5.32 Å². The summed E-state index contributed by atoms with van der Waals surface area (Å²) in [5.74, 6) is 0. The Morgan fingerprint density at radius 3 is 1.87 bits per heavy atom. The van der Waals surface area contributed by atoms with Crippen LogP contribution in [-0.4, -0.2) is 6.54 Å². The third-order valence-electron chi connectivity index (χ3n) is 8.56. The first-order valence-corrected chi connectivity index (χ1v) is 16.6. The molecule has 46 heavy (non-hydrogen) atoms. The second-order valence-corrected chi connectivity index (χ2v) is 11.6. The summed E-state index contributed by atoms with van der Waals surface area (Å²) >= 11 is 0. The van der Waals surface area contributed by atoms with Crippen molar-refractivity contribution in [2.24, 2.45) is 0 Å². The lowest BCUT2D eigenvalue weighted by atomic mass is 9.79. The molecule has 0 spiro atoms. The van der Waals surface area contributed by atoms with E-state index < -0.39 is 0 Å². The zero-order valence-electron chi connectivity index (χ0n) is 28.5. The van der Waals surface area contributed by atoms with Gasteiger partial charge in [0.2, 0.25) is 0 Å². The number of rotatable bonds is 8. The van der Waals surface area contributed by atoms with E-state index in [1.807, 2.05) is 51.2 Å². The van der Waals surface area contributed by atoms with E-state index >= 15 is 0 Å². The van der Waals surface area contributed by atoms with Crippen molar-refractivity contribution < 1.29 is 0 Å². The minimum atomic E-state index is -0.118. The first-order chi connectivity index (χ1) is 22.5. The molecule has 1 N–H and O–H groups in total. The molecular formula is C45H49N.